The summed E-state index contributed by atoms with van der Waals surface area (Å²) in [6, 6.07) is 0. The molecule has 0 aliphatic carbocycles. The first kappa shape index (κ1) is 13.9. The van der Waals surface area contributed by atoms with E-state index in [1.54, 1.807) is 0 Å². The summed E-state index contributed by atoms with van der Waals surface area (Å²) in [4.78, 5) is 12.0. The smallest absolute Gasteiger partial charge is 0.161 e. The summed E-state index contributed by atoms with van der Waals surface area (Å²) < 4.78 is 16.5. The summed E-state index contributed by atoms with van der Waals surface area (Å²) in [7, 11) is 0. The molecule has 0 saturated carbocycles. The lowest BCUT2D eigenvalue weighted by Crippen LogP contribution is -2.46. The molecule has 0 aromatic heterocycles. The molecular weight excluding hydrogens is 234 g/mol. The minimum atomic E-state index is -0.120. The maximum Gasteiger partial charge on any atom is 0.161 e. The standard InChI is InChI=1S/C13H23NO4/c14-4-8-17-10-12(15)11-1-5-18-13(9-11)2-6-16-7-3-13/h11H,1-10,14H2. The molecule has 2 aliphatic rings. The summed E-state index contributed by atoms with van der Waals surface area (Å²) >= 11 is 0. The number of hydrogen-bond acceptors (Lipinski definition) is 5. The second kappa shape index (κ2) is 6.61. The number of carbonyl (C=O) groups is 1. The molecule has 5 nitrogen and oxygen atoms in total. The fourth-order valence-electron chi connectivity index (χ4n) is 2.77. The van der Waals surface area contributed by atoms with Crippen molar-refractivity contribution in [3.63, 3.8) is 0 Å². The van der Waals surface area contributed by atoms with Crippen LogP contribution in [-0.2, 0) is 19.0 Å². The van der Waals surface area contributed by atoms with Gasteiger partial charge in [-0.3, -0.25) is 4.79 Å². The van der Waals surface area contributed by atoms with Gasteiger partial charge in [0.2, 0.25) is 0 Å². The second-order valence-corrected chi connectivity index (χ2v) is 5.14. The molecule has 104 valence electrons. The largest absolute Gasteiger partial charge is 0.381 e. The molecule has 2 N–H and O–H groups in total. The molecule has 0 aromatic carbocycles. The third kappa shape index (κ3) is 3.51. The molecule has 0 aromatic rings. The molecule has 2 fully saturated rings. The van der Waals surface area contributed by atoms with Crippen molar-refractivity contribution in [2.45, 2.75) is 31.3 Å². The predicted molar refractivity (Wildman–Crippen MR) is 66.3 cm³/mol. The van der Waals surface area contributed by atoms with Crippen molar-refractivity contribution in [1.29, 1.82) is 0 Å². The molecule has 1 atom stereocenters. The number of Topliss-reactive ketones (excluding diaryl/α,β-unsaturated/α-hetero) is 1. The zero-order chi connectivity index (χ0) is 12.8. The van der Waals surface area contributed by atoms with Crippen LogP contribution in [0.1, 0.15) is 25.7 Å². The third-order valence-corrected chi connectivity index (χ3v) is 3.86. The second-order valence-electron chi connectivity index (χ2n) is 5.14. The van der Waals surface area contributed by atoms with Crippen molar-refractivity contribution in [3.05, 3.63) is 0 Å². The SMILES string of the molecule is NCCOCC(=O)C1CCOC2(CCOCC2)C1. The summed E-state index contributed by atoms with van der Waals surface area (Å²) in [6.07, 6.45) is 3.44. The summed E-state index contributed by atoms with van der Waals surface area (Å²) in [5.74, 6) is 0.271. The Kier molecular flexibility index (Phi) is 5.12. The van der Waals surface area contributed by atoms with E-state index in [0.29, 0.717) is 19.8 Å². The van der Waals surface area contributed by atoms with Crippen LogP contribution in [0, 0.1) is 5.92 Å². The van der Waals surface area contributed by atoms with Crippen LogP contribution in [0.5, 0.6) is 0 Å². The van der Waals surface area contributed by atoms with Crippen LogP contribution in [0.4, 0.5) is 0 Å². The number of nitrogens with two attached hydrogens (primary N) is 1. The Bertz CT molecular complexity index is 271. The summed E-state index contributed by atoms with van der Waals surface area (Å²) in [5.41, 5.74) is 5.21. The average molecular weight is 257 g/mol. The van der Waals surface area contributed by atoms with E-state index in [1.807, 2.05) is 0 Å². The van der Waals surface area contributed by atoms with Crippen LogP contribution in [0.2, 0.25) is 0 Å². The zero-order valence-corrected chi connectivity index (χ0v) is 10.9. The Hall–Kier alpha value is -0.490. The molecule has 0 bridgehead atoms. The van der Waals surface area contributed by atoms with Gasteiger partial charge in [0.25, 0.3) is 0 Å². The highest BCUT2D eigenvalue weighted by Crippen LogP contribution is 2.37. The van der Waals surface area contributed by atoms with Gasteiger partial charge in [0.15, 0.2) is 5.78 Å². The topological polar surface area (TPSA) is 70.8 Å². The van der Waals surface area contributed by atoms with Crippen LogP contribution in [0.25, 0.3) is 0 Å². The highest BCUT2D eigenvalue weighted by molar-refractivity contribution is 5.82. The number of hydrogen-bond donors (Lipinski definition) is 1. The fourth-order valence-corrected chi connectivity index (χ4v) is 2.77. The number of ketones is 1. The van der Waals surface area contributed by atoms with Crippen LogP contribution < -0.4 is 5.73 Å². The zero-order valence-electron chi connectivity index (χ0n) is 10.9. The van der Waals surface area contributed by atoms with Crippen LogP contribution in [-0.4, -0.2) is 51.0 Å². The van der Waals surface area contributed by atoms with Crippen LogP contribution in [0.3, 0.4) is 0 Å². The van der Waals surface area contributed by atoms with Gasteiger partial charge in [-0.25, -0.2) is 0 Å². The van der Waals surface area contributed by atoms with E-state index in [0.717, 1.165) is 38.9 Å². The van der Waals surface area contributed by atoms with E-state index < -0.39 is 0 Å². The molecule has 5 heteroatoms. The van der Waals surface area contributed by atoms with Crippen molar-refractivity contribution in [3.8, 4) is 0 Å². The van der Waals surface area contributed by atoms with E-state index in [9.17, 15) is 4.79 Å². The number of carbonyl (C=O) groups excluding carboxylic acids is 1. The molecular formula is C13H23NO4. The Balaban J connectivity index is 1.83. The first-order valence-electron chi connectivity index (χ1n) is 6.78. The van der Waals surface area contributed by atoms with E-state index in [-0.39, 0.29) is 23.9 Å². The maximum atomic E-state index is 12.0. The first-order chi connectivity index (χ1) is 8.76. The molecule has 0 radical (unpaired) electrons. The summed E-state index contributed by atoms with van der Waals surface area (Å²) in [6.45, 7) is 3.26. The number of rotatable bonds is 5. The van der Waals surface area contributed by atoms with Gasteiger partial charge in [-0.2, -0.15) is 0 Å². The van der Waals surface area contributed by atoms with Gasteiger partial charge in [0.05, 0.1) is 12.2 Å². The molecule has 2 rings (SSSR count). The third-order valence-electron chi connectivity index (χ3n) is 3.86. The van der Waals surface area contributed by atoms with E-state index in [2.05, 4.69) is 0 Å². The highest BCUT2D eigenvalue weighted by atomic mass is 16.5. The molecule has 2 aliphatic heterocycles. The number of ether oxygens (including phenoxy) is 3. The Morgan fingerprint density at radius 2 is 2.11 bits per heavy atom. The predicted octanol–water partition coefficient (Wildman–Crippen LogP) is 0.507. The van der Waals surface area contributed by atoms with Crippen molar-refractivity contribution < 1.29 is 19.0 Å². The Morgan fingerprint density at radius 3 is 2.83 bits per heavy atom. The van der Waals surface area contributed by atoms with E-state index in [4.69, 9.17) is 19.9 Å². The molecule has 1 spiro atoms. The molecule has 0 amide bonds. The van der Waals surface area contributed by atoms with Gasteiger partial charge < -0.3 is 19.9 Å². The monoisotopic (exact) mass is 257 g/mol. The highest BCUT2D eigenvalue weighted by Gasteiger charge is 2.40. The lowest BCUT2D eigenvalue weighted by molar-refractivity contribution is -0.159. The normalized spacial score (nSPS) is 27.3. The van der Waals surface area contributed by atoms with Gasteiger partial charge in [-0.15, -0.1) is 0 Å². The van der Waals surface area contributed by atoms with Crippen molar-refractivity contribution >= 4 is 5.78 Å². The van der Waals surface area contributed by atoms with Crippen molar-refractivity contribution in [2.75, 3.05) is 39.6 Å². The lowest BCUT2D eigenvalue weighted by atomic mass is 9.79. The van der Waals surface area contributed by atoms with Gasteiger partial charge in [0.1, 0.15) is 6.61 Å². The van der Waals surface area contributed by atoms with Gasteiger partial charge in [-0.1, -0.05) is 0 Å². The Labute approximate surface area is 108 Å². The van der Waals surface area contributed by atoms with Gasteiger partial charge >= 0.3 is 0 Å². The van der Waals surface area contributed by atoms with E-state index in [1.165, 1.54) is 0 Å². The average Bonchev–Trinajstić information content (AvgIpc) is 2.40. The maximum absolute atomic E-state index is 12.0. The minimum Gasteiger partial charge on any atom is -0.381 e. The van der Waals surface area contributed by atoms with E-state index >= 15 is 0 Å². The van der Waals surface area contributed by atoms with Crippen LogP contribution in [0.15, 0.2) is 0 Å². The van der Waals surface area contributed by atoms with Crippen molar-refractivity contribution in [2.24, 2.45) is 11.7 Å². The lowest BCUT2D eigenvalue weighted by Gasteiger charge is -2.42. The van der Waals surface area contributed by atoms with Gasteiger partial charge in [-0.05, 0) is 25.7 Å². The molecule has 2 heterocycles. The van der Waals surface area contributed by atoms with Crippen molar-refractivity contribution in [1.82, 2.24) is 0 Å². The van der Waals surface area contributed by atoms with Gasteiger partial charge in [0, 0.05) is 32.3 Å². The summed E-state index contributed by atoms with van der Waals surface area (Å²) in [5, 5.41) is 0. The Morgan fingerprint density at radius 1 is 1.33 bits per heavy atom. The molecule has 2 saturated heterocycles. The minimum absolute atomic E-state index is 0.0784. The fraction of sp³-hybridized carbons (Fsp3) is 0.923. The van der Waals surface area contributed by atoms with Crippen LogP contribution >= 0.6 is 0 Å². The molecule has 1 unspecified atom stereocenters. The quantitative estimate of drug-likeness (QED) is 0.726. The molecule has 18 heavy (non-hydrogen) atoms. The first-order valence-corrected chi connectivity index (χ1v) is 6.78.